The van der Waals surface area contributed by atoms with Crippen LogP contribution in [0.4, 0.5) is 0 Å². The van der Waals surface area contributed by atoms with Crippen molar-refractivity contribution >= 4 is 54.6 Å². The number of nitrogens with zero attached hydrogens (tertiary/aromatic N) is 4. The molecular weight excluding hydrogens is 665 g/mol. The van der Waals surface area contributed by atoms with Crippen molar-refractivity contribution in [2.75, 3.05) is 0 Å². The van der Waals surface area contributed by atoms with Crippen molar-refractivity contribution in [2.24, 2.45) is 0 Å². The van der Waals surface area contributed by atoms with E-state index in [4.69, 9.17) is 28.8 Å². The number of hydrogen-bond acceptors (Lipinski definition) is 6. The first kappa shape index (κ1) is 30.2. The molecule has 8 aromatic carbocycles. The van der Waals surface area contributed by atoms with Crippen molar-refractivity contribution in [1.29, 1.82) is 0 Å². The van der Waals surface area contributed by atoms with E-state index in [9.17, 15) is 0 Å². The molecule has 0 fully saturated rings. The third kappa shape index (κ3) is 4.96. The number of oxazole rings is 1. The normalized spacial score (nSPS) is 11.7. The van der Waals surface area contributed by atoms with Gasteiger partial charge in [0.05, 0.1) is 5.39 Å². The van der Waals surface area contributed by atoms with Gasteiger partial charge in [-0.2, -0.15) is 0 Å². The number of rotatable bonds is 5. The molecule has 6 nitrogen and oxygen atoms in total. The summed E-state index contributed by atoms with van der Waals surface area (Å²) in [6, 6.07) is 57.8. The molecule has 11 aromatic rings. The molecule has 0 unspecified atom stereocenters. The van der Waals surface area contributed by atoms with Crippen LogP contribution in [0, 0.1) is 0 Å². The van der Waals surface area contributed by atoms with Gasteiger partial charge in [0.1, 0.15) is 16.7 Å². The summed E-state index contributed by atoms with van der Waals surface area (Å²) in [6.07, 6.45) is 0. The number of furan rings is 1. The summed E-state index contributed by atoms with van der Waals surface area (Å²) in [5.41, 5.74) is 8.94. The summed E-state index contributed by atoms with van der Waals surface area (Å²) < 4.78 is 12.5. The summed E-state index contributed by atoms with van der Waals surface area (Å²) in [6.45, 7) is 0. The van der Waals surface area contributed by atoms with Crippen molar-refractivity contribution in [3.63, 3.8) is 0 Å². The lowest BCUT2D eigenvalue weighted by atomic mass is 9.97. The minimum absolute atomic E-state index is 0.535. The van der Waals surface area contributed by atoms with Crippen LogP contribution in [0.15, 0.2) is 179 Å². The minimum Gasteiger partial charge on any atom is -0.456 e. The standard InChI is InChI=1S/C48H28N4O2/c1-2-10-29(11-3-1)30-18-20-31(21-19-30)45-50-46(52-47(51-45)39-28-34-12-4-5-13-35(34)36-14-6-7-15-37(36)39)32-22-24-33(25-23-32)48-49-40-26-27-42-43(44(40)54-48)38-16-8-9-17-41(38)53-42/h1-28H. The smallest absolute Gasteiger partial charge is 0.227 e. The summed E-state index contributed by atoms with van der Waals surface area (Å²) in [4.78, 5) is 20.2. The van der Waals surface area contributed by atoms with Gasteiger partial charge < -0.3 is 8.83 Å². The van der Waals surface area contributed by atoms with E-state index in [1.165, 1.54) is 5.39 Å². The van der Waals surface area contributed by atoms with Gasteiger partial charge in [-0.15, -0.1) is 0 Å². The largest absolute Gasteiger partial charge is 0.456 e. The monoisotopic (exact) mass is 692 g/mol. The summed E-state index contributed by atoms with van der Waals surface area (Å²) in [5, 5.41) is 6.51. The Bertz CT molecular complexity index is 3200. The number of hydrogen-bond donors (Lipinski definition) is 0. The van der Waals surface area contributed by atoms with Crippen molar-refractivity contribution < 1.29 is 8.83 Å². The first-order valence-electron chi connectivity index (χ1n) is 17.9. The Morgan fingerprint density at radius 1 is 0.352 bits per heavy atom. The molecule has 6 heteroatoms. The van der Waals surface area contributed by atoms with E-state index in [-0.39, 0.29) is 0 Å². The molecule has 3 aromatic heterocycles. The van der Waals surface area contributed by atoms with Crippen LogP contribution in [0.25, 0.3) is 111 Å². The van der Waals surface area contributed by atoms with Crippen molar-refractivity contribution in [3.05, 3.63) is 170 Å². The quantitative estimate of drug-likeness (QED) is 0.167. The third-order valence-electron chi connectivity index (χ3n) is 10.2. The molecule has 11 rings (SSSR count). The predicted octanol–water partition coefficient (Wildman–Crippen LogP) is 12.6. The van der Waals surface area contributed by atoms with Crippen molar-refractivity contribution in [3.8, 4) is 56.7 Å². The van der Waals surface area contributed by atoms with E-state index >= 15 is 0 Å². The van der Waals surface area contributed by atoms with E-state index in [0.717, 1.165) is 77.0 Å². The molecule has 0 saturated carbocycles. The van der Waals surface area contributed by atoms with Crippen LogP contribution in [-0.2, 0) is 0 Å². The Balaban J connectivity index is 1.04. The summed E-state index contributed by atoms with van der Waals surface area (Å²) in [7, 11) is 0. The number of fused-ring (bicyclic) bond motifs is 8. The maximum atomic E-state index is 6.44. The van der Waals surface area contributed by atoms with Crippen LogP contribution in [-0.4, -0.2) is 19.9 Å². The lowest BCUT2D eigenvalue weighted by Gasteiger charge is -2.12. The number of benzene rings is 8. The highest BCUT2D eigenvalue weighted by molar-refractivity contribution is 6.16. The Hall–Kier alpha value is -7.44. The van der Waals surface area contributed by atoms with Crippen LogP contribution >= 0.6 is 0 Å². The van der Waals surface area contributed by atoms with Crippen molar-refractivity contribution in [1.82, 2.24) is 19.9 Å². The molecule has 252 valence electrons. The van der Waals surface area contributed by atoms with Gasteiger partial charge in [-0.05, 0) is 69.1 Å². The molecule has 3 heterocycles. The van der Waals surface area contributed by atoms with Gasteiger partial charge in [0, 0.05) is 27.6 Å². The first-order valence-corrected chi connectivity index (χ1v) is 17.9. The highest BCUT2D eigenvalue weighted by Gasteiger charge is 2.19. The molecular formula is C48H28N4O2. The first-order chi connectivity index (χ1) is 26.7. The highest BCUT2D eigenvalue weighted by Crippen LogP contribution is 2.38. The Morgan fingerprint density at radius 3 is 1.69 bits per heavy atom. The Labute approximate surface area is 309 Å². The van der Waals surface area contributed by atoms with E-state index in [0.29, 0.717) is 28.9 Å². The van der Waals surface area contributed by atoms with E-state index in [1.54, 1.807) is 0 Å². The van der Waals surface area contributed by atoms with Crippen LogP contribution in [0.1, 0.15) is 0 Å². The second-order valence-electron chi connectivity index (χ2n) is 13.4. The van der Waals surface area contributed by atoms with E-state index in [2.05, 4.69) is 103 Å². The predicted molar refractivity (Wildman–Crippen MR) is 217 cm³/mol. The molecule has 0 amide bonds. The van der Waals surface area contributed by atoms with Gasteiger partial charge in [-0.25, -0.2) is 19.9 Å². The Kier molecular flexibility index (Phi) is 6.75. The minimum atomic E-state index is 0.535. The average molecular weight is 693 g/mol. The fraction of sp³-hybridized carbons (Fsp3) is 0. The summed E-state index contributed by atoms with van der Waals surface area (Å²) >= 11 is 0. The molecule has 0 saturated heterocycles. The fourth-order valence-electron chi connectivity index (χ4n) is 7.52. The van der Waals surface area contributed by atoms with Gasteiger partial charge in [-0.1, -0.05) is 133 Å². The topological polar surface area (TPSA) is 77.8 Å². The van der Waals surface area contributed by atoms with Gasteiger partial charge in [0.2, 0.25) is 5.89 Å². The van der Waals surface area contributed by atoms with Crippen LogP contribution in [0.5, 0.6) is 0 Å². The van der Waals surface area contributed by atoms with Crippen LogP contribution < -0.4 is 0 Å². The zero-order valence-corrected chi connectivity index (χ0v) is 28.8. The number of para-hydroxylation sites is 1. The van der Waals surface area contributed by atoms with Gasteiger partial charge in [0.25, 0.3) is 0 Å². The summed E-state index contributed by atoms with van der Waals surface area (Å²) in [5.74, 6) is 2.33. The third-order valence-corrected chi connectivity index (χ3v) is 10.2. The SMILES string of the molecule is c1ccc(-c2ccc(-c3nc(-c4ccc(-c5nc6ccc7oc8ccccc8c7c6o5)cc4)nc(-c4cc5ccccc5c5ccccc45)n3)cc2)cc1. The second-order valence-corrected chi connectivity index (χ2v) is 13.4. The van der Waals surface area contributed by atoms with E-state index in [1.807, 2.05) is 66.7 Å². The maximum Gasteiger partial charge on any atom is 0.227 e. The molecule has 0 aliphatic heterocycles. The molecule has 0 atom stereocenters. The van der Waals surface area contributed by atoms with Gasteiger partial charge in [0.15, 0.2) is 23.1 Å². The lowest BCUT2D eigenvalue weighted by molar-refractivity contribution is 0.622. The lowest BCUT2D eigenvalue weighted by Crippen LogP contribution is -2.01. The highest BCUT2D eigenvalue weighted by atomic mass is 16.4. The zero-order valence-electron chi connectivity index (χ0n) is 28.8. The zero-order chi connectivity index (χ0) is 35.6. The maximum absolute atomic E-state index is 6.44. The molecule has 0 bridgehead atoms. The fourth-order valence-corrected chi connectivity index (χ4v) is 7.52. The molecule has 0 aliphatic carbocycles. The molecule has 0 aliphatic rings. The average Bonchev–Trinajstić information content (AvgIpc) is 3.86. The Morgan fingerprint density at radius 2 is 0.926 bits per heavy atom. The second kappa shape index (κ2) is 12.1. The number of aromatic nitrogens is 4. The molecule has 0 N–H and O–H groups in total. The molecule has 0 spiro atoms. The molecule has 0 radical (unpaired) electrons. The van der Waals surface area contributed by atoms with Crippen LogP contribution in [0.2, 0.25) is 0 Å². The van der Waals surface area contributed by atoms with E-state index < -0.39 is 0 Å². The van der Waals surface area contributed by atoms with Crippen molar-refractivity contribution in [2.45, 2.75) is 0 Å². The van der Waals surface area contributed by atoms with Crippen LogP contribution in [0.3, 0.4) is 0 Å². The molecule has 54 heavy (non-hydrogen) atoms. The van der Waals surface area contributed by atoms with Gasteiger partial charge in [-0.3, -0.25) is 0 Å². The van der Waals surface area contributed by atoms with Gasteiger partial charge >= 0.3 is 0 Å².